The number of aromatic nitrogens is 1. The number of pyridine rings is 1. The molecule has 0 atom stereocenters. The molecular weight excluding hydrogens is 319 g/mol. The number of halogens is 1. The Morgan fingerprint density at radius 1 is 1.28 bits per heavy atom. The average molecular weight is 342 g/mol. The van der Waals surface area contributed by atoms with Gasteiger partial charge in [-0.05, 0) is 55.7 Å². The number of urea groups is 1. The molecule has 2 heterocycles. The van der Waals surface area contributed by atoms with Crippen LogP contribution >= 0.6 is 0 Å². The van der Waals surface area contributed by atoms with E-state index in [1.54, 1.807) is 24.1 Å². The number of amides is 2. The highest BCUT2D eigenvalue weighted by molar-refractivity contribution is 5.90. The van der Waals surface area contributed by atoms with Crippen molar-refractivity contribution in [2.75, 3.05) is 30.4 Å². The summed E-state index contributed by atoms with van der Waals surface area (Å²) in [6, 6.07) is 10.3. The summed E-state index contributed by atoms with van der Waals surface area (Å²) >= 11 is 0. The molecule has 5 nitrogen and oxygen atoms in total. The molecule has 0 radical (unpaired) electrons. The lowest BCUT2D eigenvalue weighted by Crippen LogP contribution is -2.47. The van der Waals surface area contributed by atoms with Crippen LogP contribution in [-0.4, -0.2) is 42.1 Å². The van der Waals surface area contributed by atoms with Crippen LogP contribution in [0.15, 0.2) is 42.6 Å². The zero-order valence-corrected chi connectivity index (χ0v) is 14.6. The summed E-state index contributed by atoms with van der Waals surface area (Å²) in [6.07, 6.45) is 3.58. The Kier molecular flexibility index (Phi) is 5.16. The summed E-state index contributed by atoms with van der Waals surface area (Å²) in [4.78, 5) is 20.9. The molecule has 2 amide bonds. The number of hydrogen-bond acceptors (Lipinski definition) is 3. The third kappa shape index (κ3) is 4.07. The van der Waals surface area contributed by atoms with Crippen molar-refractivity contribution >= 4 is 17.5 Å². The van der Waals surface area contributed by atoms with Gasteiger partial charge in [0.25, 0.3) is 0 Å². The van der Waals surface area contributed by atoms with Gasteiger partial charge in [-0.15, -0.1) is 0 Å². The summed E-state index contributed by atoms with van der Waals surface area (Å²) in [7, 11) is 1.81. The van der Waals surface area contributed by atoms with Gasteiger partial charge in [-0.3, -0.25) is 0 Å². The van der Waals surface area contributed by atoms with Crippen LogP contribution < -0.4 is 10.2 Å². The van der Waals surface area contributed by atoms with Gasteiger partial charge in [0, 0.05) is 38.1 Å². The van der Waals surface area contributed by atoms with Gasteiger partial charge < -0.3 is 15.1 Å². The van der Waals surface area contributed by atoms with E-state index >= 15 is 0 Å². The van der Waals surface area contributed by atoms with Crippen LogP contribution in [-0.2, 0) is 0 Å². The molecule has 0 saturated carbocycles. The monoisotopic (exact) mass is 342 g/mol. The second kappa shape index (κ2) is 7.51. The zero-order valence-electron chi connectivity index (χ0n) is 14.6. The molecule has 1 saturated heterocycles. The lowest BCUT2D eigenvalue weighted by molar-refractivity contribution is 0.193. The predicted molar refractivity (Wildman–Crippen MR) is 97.4 cm³/mol. The number of nitrogens with zero attached hydrogens (tertiary/aromatic N) is 3. The van der Waals surface area contributed by atoms with Crippen LogP contribution in [0.3, 0.4) is 0 Å². The molecular formula is C19H23FN4O. The van der Waals surface area contributed by atoms with Gasteiger partial charge in [0.2, 0.25) is 0 Å². The molecule has 0 spiro atoms. The Balaban J connectivity index is 1.56. The molecule has 0 bridgehead atoms. The van der Waals surface area contributed by atoms with Crippen molar-refractivity contribution in [2.24, 2.45) is 0 Å². The first-order valence-corrected chi connectivity index (χ1v) is 8.50. The number of nitrogens with one attached hydrogen (secondary N) is 1. The lowest BCUT2D eigenvalue weighted by atomic mass is 10.0. The zero-order chi connectivity index (χ0) is 17.8. The van der Waals surface area contributed by atoms with Crippen molar-refractivity contribution in [3.8, 4) is 0 Å². The maximum Gasteiger partial charge on any atom is 0.321 e. The Bertz CT molecular complexity index is 729. The number of benzene rings is 1. The normalized spacial score (nSPS) is 15.1. The maximum absolute atomic E-state index is 13.2. The number of anilines is 2. The summed E-state index contributed by atoms with van der Waals surface area (Å²) < 4.78 is 13.2. The summed E-state index contributed by atoms with van der Waals surface area (Å²) in [5.41, 5.74) is 1.36. The van der Waals surface area contributed by atoms with Crippen molar-refractivity contribution in [3.63, 3.8) is 0 Å². The quantitative estimate of drug-likeness (QED) is 0.926. The molecule has 0 unspecified atom stereocenters. The topological polar surface area (TPSA) is 48.5 Å². The molecule has 6 heteroatoms. The van der Waals surface area contributed by atoms with Crippen molar-refractivity contribution in [1.82, 2.24) is 9.88 Å². The summed E-state index contributed by atoms with van der Waals surface area (Å²) in [5, 5.41) is 2.87. The second-order valence-corrected chi connectivity index (χ2v) is 6.41. The number of carbonyl (C=O) groups excluding carboxylic acids is 1. The van der Waals surface area contributed by atoms with E-state index in [0.717, 1.165) is 31.7 Å². The van der Waals surface area contributed by atoms with Crippen molar-refractivity contribution in [3.05, 3.63) is 54.0 Å². The molecule has 1 aliphatic rings. The van der Waals surface area contributed by atoms with Crippen LogP contribution in [0.1, 0.15) is 18.4 Å². The molecule has 132 valence electrons. The van der Waals surface area contributed by atoms with Gasteiger partial charge in [0.05, 0.1) is 0 Å². The Morgan fingerprint density at radius 2 is 2.04 bits per heavy atom. The van der Waals surface area contributed by atoms with Gasteiger partial charge in [-0.2, -0.15) is 0 Å². The minimum Gasteiger partial charge on any atom is -0.356 e. The van der Waals surface area contributed by atoms with E-state index < -0.39 is 0 Å². The molecule has 1 aliphatic heterocycles. The SMILES string of the molecule is Cc1cc(F)ccc1NC(=O)N(C)C1CCN(c2ccccn2)CC1. The van der Waals surface area contributed by atoms with Crippen molar-refractivity contribution in [2.45, 2.75) is 25.8 Å². The fourth-order valence-electron chi connectivity index (χ4n) is 3.16. The third-order valence-corrected chi connectivity index (χ3v) is 4.74. The number of carbonyl (C=O) groups is 1. The maximum atomic E-state index is 13.2. The molecule has 3 rings (SSSR count). The van der Waals surface area contributed by atoms with Crippen LogP contribution in [0.2, 0.25) is 0 Å². The van der Waals surface area contributed by atoms with E-state index in [1.807, 2.05) is 25.2 Å². The average Bonchev–Trinajstić information content (AvgIpc) is 2.64. The van der Waals surface area contributed by atoms with E-state index in [-0.39, 0.29) is 17.9 Å². The highest BCUT2D eigenvalue weighted by Gasteiger charge is 2.26. The van der Waals surface area contributed by atoms with E-state index in [1.165, 1.54) is 12.1 Å². The Morgan fingerprint density at radius 3 is 2.68 bits per heavy atom. The van der Waals surface area contributed by atoms with Crippen LogP contribution in [0.25, 0.3) is 0 Å². The Labute approximate surface area is 147 Å². The van der Waals surface area contributed by atoms with Crippen molar-refractivity contribution in [1.29, 1.82) is 0 Å². The van der Waals surface area contributed by atoms with E-state index in [2.05, 4.69) is 15.2 Å². The highest BCUT2D eigenvalue weighted by Crippen LogP contribution is 2.21. The highest BCUT2D eigenvalue weighted by atomic mass is 19.1. The standard InChI is InChI=1S/C19H23FN4O/c1-14-13-15(20)6-7-17(14)22-19(25)23(2)16-8-11-24(12-9-16)18-5-3-4-10-21-18/h3-7,10,13,16H,8-9,11-12H2,1-2H3,(H,22,25). The number of rotatable bonds is 3. The molecule has 1 aromatic heterocycles. The first kappa shape index (κ1) is 17.2. The predicted octanol–water partition coefficient (Wildman–Crippen LogP) is 3.66. The number of hydrogen-bond donors (Lipinski definition) is 1. The lowest BCUT2D eigenvalue weighted by Gasteiger charge is -2.37. The molecule has 2 aromatic rings. The smallest absolute Gasteiger partial charge is 0.321 e. The second-order valence-electron chi connectivity index (χ2n) is 6.41. The van der Waals surface area contributed by atoms with Gasteiger partial charge in [-0.1, -0.05) is 6.07 Å². The first-order chi connectivity index (χ1) is 12.0. The van der Waals surface area contributed by atoms with Gasteiger partial charge >= 0.3 is 6.03 Å². The number of piperidine rings is 1. The summed E-state index contributed by atoms with van der Waals surface area (Å²) in [5.74, 6) is 0.681. The van der Waals surface area contributed by atoms with E-state index in [0.29, 0.717) is 11.3 Å². The molecule has 0 aliphatic carbocycles. The first-order valence-electron chi connectivity index (χ1n) is 8.50. The van der Waals surface area contributed by atoms with Crippen molar-refractivity contribution < 1.29 is 9.18 Å². The molecule has 1 N–H and O–H groups in total. The minimum atomic E-state index is -0.300. The molecule has 25 heavy (non-hydrogen) atoms. The van der Waals surface area contributed by atoms with Crippen LogP contribution in [0.5, 0.6) is 0 Å². The van der Waals surface area contributed by atoms with E-state index in [9.17, 15) is 9.18 Å². The summed E-state index contributed by atoms with van der Waals surface area (Å²) in [6.45, 7) is 3.52. The molecule has 1 fully saturated rings. The largest absolute Gasteiger partial charge is 0.356 e. The third-order valence-electron chi connectivity index (χ3n) is 4.74. The minimum absolute atomic E-state index is 0.161. The number of aryl methyl sites for hydroxylation is 1. The van der Waals surface area contributed by atoms with Crippen LogP contribution in [0, 0.1) is 12.7 Å². The van der Waals surface area contributed by atoms with E-state index in [4.69, 9.17) is 0 Å². The fourth-order valence-corrected chi connectivity index (χ4v) is 3.16. The molecule has 1 aromatic carbocycles. The Hall–Kier alpha value is -2.63. The van der Waals surface area contributed by atoms with Gasteiger partial charge in [0.15, 0.2) is 0 Å². The van der Waals surface area contributed by atoms with Gasteiger partial charge in [-0.25, -0.2) is 14.2 Å². The van der Waals surface area contributed by atoms with Gasteiger partial charge in [0.1, 0.15) is 11.6 Å². The fraction of sp³-hybridized carbons (Fsp3) is 0.368. The van der Waals surface area contributed by atoms with Crippen LogP contribution in [0.4, 0.5) is 20.7 Å².